The van der Waals surface area contributed by atoms with Gasteiger partial charge < -0.3 is 14.8 Å². The Hall–Kier alpha value is -3.55. The Kier molecular flexibility index (Phi) is 7.73. The molecule has 0 unspecified atom stereocenters. The molecule has 0 aliphatic rings. The Morgan fingerprint density at radius 1 is 1.26 bits per heavy atom. The molecule has 0 spiro atoms. The number of nitrogens with one attached hydrogen (secondary N) is 1. The number of benzene rings is 1. The Bertz CT molecular complexity index is 1410. The van der Waals surface area contributed by atoms with E-state index in [1.54, 1.807) is 6.92 Å². The summed E-state index contributed by atoms with van der Waals surface area (Å²) in [6.07, 6.45) is 1.41. The highest BCUT2D eigenvalue weighted by Gasteiger charge is 2.42. The van der Waals surface area contributed by atoms with Crippen molar-refractivity contribution in [3.8, 4) is 17.6 Å². The summed E-state index contributed by atoms with van der Waals surface area (Å²) in [4.78, 5) is 31.9. The van der Waals surface area contributed by atoms with Crippen LogP contribution < -0.4 is 15.9 Å². The Balaban J connectivity index is 2.19. The van der Waals surface area contributed by atoms with Crippen LogP contribution in [0.25, 0.3) is 0 Å². The zero-order chi connectivity index (χ0) is 25.9. The van der Waals surface area contributed by atoms with E-state index in [4.69, 9.17) is 16.3 Å². The molecule has 1 aromatic carbocycles. The van der Waals surface area contributed by atoms with E-state index in [1.165, 1.54) is 38.1 Å². The lowest BCUT2D eigenvalue weighted by Crippen LogP contribution is -2.31. The second-order valence-electron chi connectivity index (χ2n) is 8.16. The second kappa shape index (κ2) is 10.4. The molecule has 0 amide bonds. The van der Waals surface area contributed by atoms with Crippen LogP contribution >= 0.6 is 11.6 Å². The van der Waals surface area contributed by atoms with Crippen LogP contribution in [0.15, 0.2) is 40.2 Å². The maximum absolute atomic E-state index is 15.0. The van der Waals surface area contributed by atoms with Crippen molar-refractivity contribution in [2.45, 2.75) is 46.3 Å². The lowest BCUT2D eigenvalue weighted by Gasteiger charge is -2.22. The minimum atomic E-state index is -3.50. The van der Waals surface area contributed by atoms with Gasteiger partial charge in [0.25, 0.3) is 17.0 Å². The van der Waals surface area contributed by atoms with Gasteiger partial charge in [-0.15, -0.1) is 0 Å². The van der Waals surface area contributed by atoms with E-state index in [2.05, 4.69) is 9.97 Å². The minimum Gasteiger partial charge on any atom is -0.449 e. The maximum atomic E-state index is 15.0. The number of hydrogen-bond acceptors (Lipinski definition) is 6. The molecular formula is C24H23ClF2N4O4. The number of halogens is 3. The van der Waals surface area contributed by atoms with Crippen LogP contribution in [0.2, 0.25) is 5.02 Å². The number of aliphatic hydroxyl groups is 1. The lowest BCUT2D eigenvalue weighted by atomic mass is 10.0. The van der Waals surface area contributed by atoms with Crippen LogP contribution in [0.4, 0.5) is 8.78 Å². The second-order valence-corrected chi connectivity index (χ2v) is 8.60. The number of H-pyrrole nitrogens is 1. The van der Waals surface area contributed by atoms with Crippen molar-refractivity contribution < 1.29 is 18.6 Å². The van der Waals surface area contributed by atoms with E-state index in [9.17, 15) is 20.0 Å². The fourth-order valence-electron chi connectivity index (χ4n) is 3.41. The summed E-state index contributed by atoms with van der Waals surface area (Å²) in [6.45, 7) is 3.73. The minimum absolute atomic E-state index is 0.0765. The molecule has 0 aliphatic heterocycles. The number of aromatic nitrogens is 3. The normalized spacial score (nSPS) is 11.5. The molecule has 11 heteroatoms. The summed E-state index contributed by atoms with van der Waals surface area (Å²) in [5, 5.41) is 18.7. The molecule has 8 nitrogen and oxygen atoms in total. The van der Waals surface area contributed by atoms with E-state index in [0.29, 0.717) is 17.7 Å². The van der Waals surface area contributed by atoms with Gasteiger partial charge in [0.2, 0.25) is 5.75 Å². The number of alkyl halides is 2. The molecule has 0 bridgehead atoms. The summed E-state index contributed by atoms with van der Waals surface area (Å²) in [5.74, 6) is -5.48. The first-order valence-corrected chi connectivity index (χ1v) is 11.1. The van der Waals surface area contributed by atoms with Crippen LogP contribution in [-0.4, -0.2) is 19.6 Å². The Labute approximate surface area is 204 Å². The summed E-state index contributed by atoms with van der Waals surface area (Å²) < 4.78 is 36.7. The molecule has 2 N–H and O–H groups in total. The SMILES string of the molecule is CCc1[nH]c(=O)c(CO)cc1Cn1cnc(C(F)(F)C(C)C)c(Oc2cc(Cl)cc(C#N)c2)c1=O. The van der Waals surface area contributed by atoms with Crippen molar-refractivity contribution >= 4 is 11.6 Å². The largest absolute Gasteiger partial charge is 0.449 e. The van der Waals surface area contributed by atoms with E-state index in [-0.39, 0.29) is 28.4 Å². The number of hydrogen-bond donors (Lipinski definition) is 2. The molecule has 184 valence electrons. The molecular weight excluding hydrogens is 482 g/mol. The molecule has 0 fully saturated rings. The third kappa shape index (κ3) is 5.42. The molecule has 2 heterocycles. The predicted molar refractivity (Wildman–Crippen MR) is 125 cm³/mol. The third-order valence-corrected chi connectivity index (χ3v) is 5.63. The van der Waals surface area contributed by atoms with E-state index in [0.717, 1.165) is 10.9 Å². The molecule has 3 aromatic rings. The van der Waals surface area contributed by atoms with Gasteiger partial charge in [0.05, 0.1) is 31.1 Å². The van der Waals surface area contributed by atoms with Gasteiger partial charge >= 0.3 is 0 Å². The van der Waals surface area contributed by atoms with Gasteiger partial charge in [-0.1, -0.05) is 32.4 Å². The topological polar surface area (TPSA) is 121 Å². The van der Waals surface area contributed by atoms with E-state index in [1.807, 2.05) is 6.07 Å². The molecule has 2 aromatic heterocycles. The molecule has 0 saturated carbocycles. The van der Waals surface area contributed by atoms with Crippen LogP contribution in [-0.2, 0) is 25.5 Å². The van der Waals surface area contributed by atoms with Crippen molar-refractivity contribution in [1.82, 2.24) is 14.5 Å². The zero-order valence-corrected chi connectivity index (χ0v) is 20.0. The summed E-state index contributed by atoms with van der Waals surface area (Å²) >= 11 is 6.00. The van der Waals surface area contributed by atoms with Crippen molar-refractivity contribution in [3.05, 3.63) is 84.4 Å². The highest BCUT2D eigenvalue weighted by molar-refractivity contribution is 6.30. The number of aliphatic hydroxyl groups excluding tert-OH is 1. The van der Waals surface area contributed by atoms with Gasteiger partial charge in [-0.2, -0.15) is 14.0 Å². The molecule has 3 rings (SSSR count). The maximum Gasteiger partial charge on any atom is 0.297 e. The predicted octanol–water partition coefficient (Wildman–Crippen LogP) is 4.10. The number of aryl methyl sites for hydroxylation is 1. The van der Waals surface area contributed by atoms with Gasteiger partial charge in [0, 0.05) is 22.2 Å². The molecule has 0 saturated heterocycles. The molecule has 0 radical (unpaired) electrons. The number of aromatic amines is 1. The zero-order valence-electron chi connectivity index (χ0n) is 19.2. The Morgan fingerprint density at radius 2 is 1.97 bits per heavy atom. The smallest absolute Gasteiger partial charge is 0.297 e. The first kappa shape index (κ1) is 26.1. The molecule has 35 heavy (non-hydrogen) atoms. The number of ether oxygens (including phenoxy) is 1. The first-order chi connectivity index (χ1) is 16.5. The van der Waals surface area contributed by atoms with Crippen LogP contribution in [0, 0.1) is 17.2 Å². The van der Waals surface area contributed by atoms with Crippen molar-refractivity contribution in [3.63, 3.8) is 0 Å². The van der Waals surface area contributed by atoms with Gasteiger partial charge in [0.1, 0.15) is 5.75 Å². The molecule has 0 atom stereocenters. The summed E-state index contributed by atoms with van der Waals surface area (Å²) in [5.41, 5.74) is -0.959. The quantitative estimate of drug-likeness (QED) is 0.476. The van der Waals surface area contributed by atoms with E-state index < -0.39 is 41.0 Å². The number of pyridine rings is 1. The fraction of sp³-hybridized carbons (Fsp3) is 0.333. The van der Waals surface area contributed by atoms with Gasteiger partial charge in [-0.05, 0) is 36.2 Å². The number of nitrogens with zero attached hydrogens (tertiary/aromatic N) is 3. The summed E-state index contributed by atoms with van der Waals surface area (Å²) in [6, 6.07) is 7.26. The van der Waals surface area contributed by atoms with Crippen LogP contribution in [0.1, 0.15) is 48.8 Å². The highest BCUT2D eigenvalue weighted by Crippen LogP contribution is 2.39. The number of rotatable bonds is 8. The van der Waals surface area contributed by atoms with Gasteiger partial charge in [-0.3, -0.25) is 14.2 Å². The standard InChI is InChI=1S/C24H23ClF2N4O4/c1-4-19-15(7-16(11-32)22(33)30-19)10-31-12-29-21(24(26,27)13(2)3)20(23(31)34)35-18-6-14(9-28)5-17(25)8-18/h5-8,12-13,32H,4,10-11H2,1-3H3,(H,30,33). The van der Waals surface area contributed by atoms with Crippen molar-refractivity contribution in [2.24, 2.45) is 5.92 Å². The van der Waals surface area contributed by atoms with E-state index >= 15 is 8.78 Å². The molecule has 0 aliphatic carbocycles. The monoisotopic (exact) mass is 504 g/mol. The van der Waals surface area contributed by atoms with Crippen molar-refractivity contribution in [2.75, 3.05) is 0 Å². The summed E-state index contributed by atoms with van der Waals surface area (Å²) in [7, 11) is 0. The average Bonchev–Trinajstić information content (AvgIpc) is 2.81. The van der Waals surface area contributed by atoms with Crippen LogP contribution in [0.5, 0.6) is 11.5 Å². The van der Waals surface area contributed by atoms with Gasteiger partial charge in [0.15, 0.2) is 5.69 Å². The third-order valence-electron chi connectivity index (χ3n) is 5.41. The van der Waals surface area contributed by atoms with Crippen LogP contribution in [0.3, 0.4) is 0 Å². The lowest BCUT2D eigenvalue weighted by molar-refractivity contribution is -0.0573. The highest BCUT2D eigenvalue weighted by atomic mass is 35.5. The van der Waals surface area contributed by atoms with Gasteiger partial charge in [-0.25, -0.2) is 4.98 Å². The Morgan fingerprint density at radius 3 is 2.57 bits per heavy atom. The average molecular weight is 505 g/mol. The fourth-order valence-corrected chi connectivity index (χ4v) is 3.63. The van der Waals surface area contributed by atoms with Crippen molar-refractivity contribution in [1.29, 1.82) is 5.26 Å². The first-order valence-electron chi connectivity index (χ1n) is 10.7. The number of nitriles is 1.